The molecule has 8 heteroatoms. The third-order valence-electron chi connectivity index (χ3n) is 5.71. The molecule has 0 saturated carbocycles. The van der Waals surface area contributed by atoms with Gasteiger partial charge >= 0.3 is 11.9 Å². The summed E-state index contributed by atoms with van der Waals surface area (Å²) in [6.45, 7) is 0.674. The summed E-state index contributed by atoms with van der Waals surface area (Å²) in [6, 6.07) is 12.7. The van der Waals surface area contributed by atoms with Crippen LogP contribution < -0.4 is 10.3 Å². The van der Waals surface area contributed by atoms with Crippen molar-refractivity contribution in [3.8, 4) is 5.75 Å². The normalized spacial score (nSPS) is 13.2. The number of methoxy groups -OCH3 is 2. The van der Waals surface area contributed by atoms with Gasteiger partial charge in [0, 0.05) is 30.0 Å². The van der Waals surface area contributed by atoms with Crippen LogP contribution in [0.4, 0.5) is 0 Å². The van der Waals surface area contributed by atoms with Gasteiger partial charge in [-0.1, -0.05) is 24.3 Å². The van der Waals surface area contributed by atoms with Crippen LogP contribution >= 0.6 is 0 Å². The number of aromatic nitrogens is 2. The van der Waals surface area contributed by atoms with Gasteiger partial charge in [0.15, 0.2) is 0 Å². The van der Waals surface area contributed by atoms with E-state index in [1.54, 1.807) is 24.3 Å². The molecule has 2 aromatic carbocycles. The molecule has 0 saturated heterocycles. The predicted octanol–water partition coefficient (Wildman–Crippen LogP) is 2.71. The molecule has 0 unspecified atom stereocenters. The van der Waals surface area contributed by atoms with E-state index in [1.165, 1.54) is 14.2 Å². The topological polar surface area (TPSA) is 110 Å². The summed E-state index contributed by atoms with van der Waals surface area (Å²) in [7, 11) is 2.63. The van der Waals surface area contributed by atoms with E-state index in [4.69, 9.17) is 14.2 Å². The van der Waals surface area contributed by atoms with Crippen LogP contribution in [0.5, 0.6) is 5.75 Å². The van der Waals surface area contributed by atoms with E-state index < -0.39 is 17.9 Å². The van der Waals surface area contributed by atoms with Gasteiger partial charge in [0.1, 0.15) is 5.75 Å². The highest BCUT2D eigenvalue weighted by Gasteiger charge is 2.26. The minimum atomic E-state index is -0.545. The minimum Gasteiger partial charge on any atom is -0.493 e. The zero-order chi connectivity index (χ0) is 22.7. The number of esters is 2. The molecule has 0 fully saturated rings. The molecule has 0 radical (unpaired) electrons. The molecular formula is C24H24N2O6. The largest absolute Gasteiger partial charge is 0.493 e. The molecule has 0 amide bonds. The second-order valence-corrected chi connectivity index (χ2v) is 7.64. The van der Waals surface area contributed by atoms with Crippen LogP contribution in [0, 0.1) is 0 Å². The standard InChI is InChI=1S/C24H24N2O6/c1-30-21(27)13-18(15-4-6-16(7-5-15)24(29)31-2)22-19(25-26-23(22)28)12-14-3-8-20-17(11-14)9-10-32-20/h3-8,11,18H,9-10,12-13H2,1-2H3,(H2,25,26,28)/t18-/m0/s1. The fourth-order valence-corrected chi connectivity index (χ4v) is 4.07. The fraction of sp³-hybridized carbons (Fsp3) is 0.292. The van der Waals surface area contributed by atoms with Crippen molar-refractivity contribution in [1.82, 2.24) is 10.2 Å². The lowest BCUT2D eigenvalue weighted by Crippen LogP contribution is -2.18. The van der Waals surface area contributed by atoms with Crippen molar-refractivity contribution in [2.45, 2.75) is 25.2 Å². The molecule has 3 aromatic rings. The van der Waals surface area contributed by atoms with Crippen molar-refractivity contribution < 1.29 is 23.8 Å². The highest BCUT2D eigenvalue weighted by Crippen LogP contribution is 2.31. The highest BCUT2D eigenvalue weighted by molar-refractivity contribution is 5.89. The monoisotopic (exact) mass is 436 g/mol. The zero-order valence-corrected chi connectivity index (χ0v) is 17.9. The Labute approximate surface area is 184 Å². The quantitative estimate of drug-likeness (QED) is 0.551. The summed E-state index contributed by atoms with van der Waals surface area (Å²) in [4.78, 5) is 36.8. The molecule has 166 valence electrons. The minimum absolute atomic E-state index is 0.0139. The molecule has 2 heterocycles. The van der Waals surface area contributed by atoms with E-state index in [0.717, 1.165) is 28.9 Å². The number of hydrogen-bond acceptors (Lipinski definition) is 6. The van der Waals surface area contributed by atoms with Crippen molar-refractivity contribution in [3.05, 3.63) is 86.3 Å². The molecule has 0 spiro atoms. The van der Waals surface area contributed by atoms with Gasteiger partial charge in [0.2, 0.25) is 0 Å². The van der Waals surface area contributed by atoms with Crippen LogP contribution in [-0.2, 0) is 27.1 Å². The van der Waals surface area contributed by atoms with E-state index in [2.05, 4.69) is 16.3 Å². The lowest BCUT2D eigenvalue weighted by atomic mass is 9.87. The van der Waals surface area contributed by atoms with Crippen molar-refractivity contribution in [2.24, 2.45) is 0 Å². The first kappa shape index (κ1) is 21.4. The Morgan fingerprint density at radius 1 is 1.06 bits per heavy atom. The number of ether oxygens (including phenoxy) is 3. The third kappa shape index (κ3) is 4.30. The van der Waals surface area contributed by atoms with E-state index in [1.807, 2.05) is 12.1 Å². The van der Waals surface area contributed by atoms with Gasteiger partial charge in [0.05, 0.1) is 32.8 Å². The number of carbonyl (C=O) groups is 2. The first-order valence-electron chi connectivity index (χ1n) is 10.3. The lowest BCUT2D eigenvalue weighted by Gasteiger charge is -2.17. The molecule has 1 atom stereocenters. The first-order chi connectivity index (χ1) is 15.5. The Morgan fingerprint density at radius 2 is 1.84 bits per heavy atom. The SMILES string of the molecule is COC(=O)C[C@@H](c1ccc(C(=O)OC)cc1)c1c(Cc2ccc3c(c2)CCO3)[nH][nH]c1=O. The van der Waals surface area contributed by atoms with Crippen molar-refractivity contribution in [2.75, 3.05) is 20.8 Å². The van der Waals surface area contributed by atoms with Crippen LogP contribution in [0.25, 0.3) is 0 Å². The maximum Gasteiger partial charge on any atom is 0.337 e. The lowest BCUT2D eigenvalue weighted by molar-refractivity contribution is -0.140. The fourth-order valence-electron chi connectivity index (χ4n) is 4.07. The number of fused-ring (bicyclic) bond motifs is 1. The summed E-state index contributed by atoms with van der Waals surface area (Å²) in [5.74, 6) is -0.544. The number of nitrogens with one attached hydrogen (secondary N) is 2. The van der Waals surface area contributed by atoms with E-state index >= 15 is 0 Å². The Kier molecular flexibility index (Phi) is 6.11. The number of benzene rings is 2. The molecule has 32 heavy (non-hydrogen) atoms. The molecule has 1 aliphatic rings. The van der Waals surface area contributed by atoms with E-state index in [9.17, 15) is 14.4 Å². The van der Waals surface area contributed by atoms with E-state index in [0.29, 0.717) is 29.8 Å². The molecule has 1 aliphatic heterocycles. The Hall–Kier alpha value is -3.81. The average molecular weight is 436 g/mol. The smallest absolute Gasteiger partial charge is 0.337 e. The molecule has 0 aliphatic carbocycles. The van der Waals surface area contributed by atoms with Crippen molar-refractivity contribution in [3.63, 3.8) is 0 Å². The molecule has 0 bridgehead atoms. The summed E-state index contributed by atoms with van der Waals surface area (Å²) in [5.41, 5.74) is 4.15. The number of H-pyrrole nitrogens is 2. The van der Waals surface area contributed by atoms with Gasteiger partial charge < -0.3 is 19.3 Å². The second kappa shape index (κ2) is 9.13. The summed E-state index contributed by atoms with van der Waals surface area (Å²) in [6.07, 6.45) is 1.33. The third-order valence-corrected chi connectivity index (χ3v) is 5.71. The maximum atomic E-state index is 12.8. The molecule has 8 nitrogen and oxygen atoms in total. The number of hydrogen-bond donors (Lipinski definition) is 2. The predicted molar refractivity (Wildman–Crippen MR) is 116 cm³/mol. The molecule has 1 aromatic heterocycles. The van der Waals surface area contributed by atoms with Gasteiger partial charge in [-0.05, 0) is 34.9 Å². The Morgan fingerprint density at radius 3 is 2.56 bits per heavy atom. The number of carbonyl (C=O) groups excluding carboxylic acids is 2. The highest BCUT2D eigenvalue weighted by atomic mass is 16.5. The van der Waals surface area contributed by atoms with Crippen LogP contribution in [0.1, 0.15) is 50.6 Å². The van der Waals surface area contributed by atoms with Gasteiger partial charge in [-0.25, -0.2) is 4.79 Å². The summed E-state index contributed by atoms with van der Waals surface area (Å²) in [5, 5.41) is 5.63. The number of rotatable bonds is 7. The summed E-state index contributed by atoms with van der Waals surface area (Å²) >= 11 is 0. The summed E-state index contributed by atoms with van der Waals surface area (Å²) < 4.78 is 15.2. The Balaban J connectivity index is 1.70. The molecular weight excluding hydrogens is 412 g/mol. The van der Waals surface area contributed by atoms with Gasteiger partial charge in [-0.3, -0.25) is 14.7 Å². The number of aromatic amines is 2. The average Bonchev–Trinajstić information content (AvgIpc) is 3.43. The zero-order valence-electron chi connectivity index (χ0n) is 17.9. The van der Waals surface area contributed by atoms with Crippen molar-refractivity contribution >= 4 is 11.9 Å². The van der Waals surface area contributed by atoms with Crippen LogP contribution in [0.2, 0.25) is 0 Å². The van der Waals surface area contributed by atoms with Gasteiger partial charge in [-0.15, -0.1) is 0 Å². The van der Waals surface area contributed by atoms with Gasteiger partial charge in [-0.2, -0.15) is 0 Å². The van der Waals surface area contributed by atoms with Gasteiger partial charge in [0.25, 0.3) is 5.56 Å². The van der Waals surface area contributed by atoms with Crippen molar-refractivity contribution in [1.29, 1.82) is 0 Å². The molecule has 2 N–H and O–H groups in total. The molecule has 4 rings (SSSR count). The Bertz CT molecular complexity index is 1190. The van der Waals surface area contributed by atoms with Crippen LogP contribution in [-0.4, -0.2) is 43.0 Å². The van der Waals surface area contributed by atoms with E-state index in [-0.39, 0.29) is 12.0 Å². The van der Waals surface area contributed by atoms with Crippen LogP contribution in [0.3, 0.4) is 0 Å². The van der Waals surface area contributed by atoms with Crippen LogP contribution in [0.15, 0.2) is 47.3 Å². The first-order valence-corrected chi connectivity index (χ1v) is 10.3. The second-order valence-electron chi connectivity index (χ2n) is 7.64. The maximum absolute atomic E-state index is 12.8.